The molecule has 3 heteroatoms. The molecule has 0 saturated carbocycles. The maximum absolute atomic E-state index is 5.31. The normalized spacial score (nSPS) is 39.9. The van der Waals surface area contributed by atoms with Crippen molar-refractivity contribution in [3.05, 3.63) is 0 Å². The molecule has 1 saturated heterocycles. The second-order valence-corrected chi connectivity index (χ2v) is 2.48. The summed E-state index contributed by atoms with van der Waals surface area (Å²) in [6.07, 6.45) is 0.192. The molecular weight excluding hydrogens is 118 g/mol. The van der Waals surface area contributed by atoms with Crippen molar-refractivity contribution < 1.29 is 9.57 Å². The molecule has 2 heterocycles. The van der Waals surface area contributed by atoms with Gasteiger partial charge in [0.25, 0.3) is 0 Å². The minimum Gasteiger partial charge on any atom is -0.395 e. The van der Waals surface area contributed by atoms with Crippen molar-refractivity contribution in [3.8, 4) is 0 Å². The van der Waals surface area contributed by atoms with Crippen LogP contribution in [0, 0.1) is 5.92 Å². The lowest BCUT2D eigenvalue weighted by Crippen LogP contribution is -2.14. The van der Waals surface area contributed by atoms with E-state index in [1.807, 2.05) is 6.92 Å². The smallest absolute Gasteiger partial charge is 0.127 e. The minimum atomic E-state index is 0.192. The molecule has 2 atom stereocenters. The zero-order valence-corrected chi connectivity index (χ0v) is 5.33. The summed E-state index contributed by atoms with van der Waals surface area (Å²) in [6, 6.07) is 0. The molecule has 0 aliphatic carbocycles. The van der Waals surface area contributed by atoms with E-state index < -0.39 is 0 Å². The Morgan fingerprint density at radius 3 is 3.22 bits per heavy atom. The zero-order chi connectivity index (χ0) is 6.27. The Morgan fingerprint density at radius 2 is 2.44 bits per heavy atom. The summed E-state index contributed by atoms with van der Waals surface area (Å²) in [4.78, 5) is 4.89. The van der Waals surface area contributed by atoms with Gasteiger partial charge in [0.2, 0.25) is 0 Å². The Hall–Kier alpha value is -0.570. The lowest BCUT2D eigenvalue weighted by molar-refractivity contribution is 0.0856. The standard InChI is InChI=1S/C6H9NO2/c1-4-6-5(2-8-4)3-9-7-6/h4-5H,2-3H2,1H3/t4?,5-/m0/s1. The fourth-order valence-electron chi connectivity index (χ4n) is 1.25. The van der Waals surface area contributed by atoms with Crippen molar-refractivity contribution in [3.63, 3.8) is 0 Å². The lowest BCUT2D eigenvalue weighted by Gasteiger charge is -1.97. The molecular formula is C6H9NO2. The van der Waals surface area contributed by atoms with Crippen LogP contribution in [0.1, 0.15) is 6.92 Å². The van der Waals surface area contributed by atoms with E-state index in [1.165, 1.54) is 0 Å². The molecule has 0 bridgehead atoms. The summed E-state index contributed by atoms with van der Waals surface area (Å²) < 4.78 is 5.31. The third-order valence-electron chi connectivity index (χ3n) is 1.83. The zero-order valence-electron chi connectivity index (χ0n) is 5.33. The molecule has 0 aromatic heterocycles. The van der Waals surface area contributed by atoms with E-state index in [4.69, 9.17) is 9.57 Å². The average Bonchev–Trinajstić information content (AvgIpc) is 2.35. The van der Waals surface area contributed by atoms with Gasteiger partial charge in [-0.1, -0.05) is 5.16 Å². The van der Waals surface area contributed by atoms with E-state index in [1.54, 1.807) is 0 Å². The van der Waals surface area contributed by atoms with Crippen LogP contribution in [0.25, 0.3) is 0 Å². The Morgan fingerprint density at radius 1 is 1.56 bits per heavy atom. The van der Waals surface area contributed by atoms with Crippen LogP contribution in [-0.4, -0.2) is 25.0 Å². The van der Waals surface area contributed by atoms with Gasteiger partial charge in [0.15, 0.2) is 0 Å². The van der Waals surface area contributed by atoms with Crippen molar-refractivity contribution in [1.29, 1.82) is 0 Å². The van der Waals surface area contributed by atoms with Gasteiger partial charge in [-0.2, -0.15) is 0 Å². The highest BCUT2D eigenvalue weighted by Crippen LogP contribution is 2.21. The third kappa shape index (κ3) is 0.645. The quantitative estimate of drug-likeness (QED) is 0.471. The molecule has 50 valence electrons. The van der Waals surface area contributed by atoms with Crippen molar-refractivity contribution in [2.75, 3.05) is 13.2 Å². The molecule has 0 aromatic rings. The predicted octanol–water partition coefficient (Wildman–Crippen LogP) is 0.407. The number of fused-ring (bicyclic) bond motifs is 1. The molecule has 2 aliphatic heterocycles. The first kappa shape index (κ1) is 5.23. The number of rotatable bonds is 0. The number of nitrogens with zero attached hydrogens (tertiary/aromatic N) is 1. The molecule has 2 aliphatic rings. The van der Waals surface area contributed by atoms with Crippen LogP contribution >= 0.6 is 0 Å². The molecule has 2 rings (SSSR count). The number of oxime groups is 1. The largest absolute Gasteiger partial charge is 0.395 e. The summed E-state index contributed by atoms with van der Waals surface area (Å²) in [5.41, 5.74) is 1.09. The van der Waals surface area contributed by atoms with Crippen LogP contribution in [-0.2, 0) is 9.57 Å². The molecule has 0 aromatic carbocycles. The van der Waals surface area contributed by atoms with Crippen molar-refractivity contribution in [2.45, 2.75) is 13.0 Å². The SMILES string of the molecule is CC1OC[C@H]2CON=C12. The maximum atomic E-state index is 5.31. The van der Waals surface area contributed by atoms with Crippen LogP contribution in [0.3, 0.4) is 0 Å². The van der Waals surface area contributed by atoms with E-state index in [9.17, 15) is 0 Å². The fourth-order valence-corrected chi connectivity index (χ4v) is 1.25. The van der Waals surface area contributed by atoms with Gasteiger partial charge in [-0.05, 0) is 6.92 Å². The molecule has 1 fully saturated rings. The van der Waals surface area contributed by atoms with Crippen molar-refractivity contribution in [1.82, 2.24) is 0 Å². The Labute approximate surface area is 53.6 Å². The first-order valence-corrected chi connectivity index (χ1v) is 3.19. The summed E-state index contributed by atoms with van der Waals surface area (Å²) >= 11 is 0. The van der Waals surface area contributed by atoms with Crippen molar-refractivity contribution >= 4 is 5.71 Å². The first-order valence-electron chi connectivity index (χ1n) is 3.19. The molecule has 9 heavy (non-hydrogen) atoms. The molecule has 0 N–H and O–H groups in total. The van der Waals surface area contributed by atoms with E-state index >= 15 is 0 Å². The highest BCUT2D eigenvalue weighted by Gasteiger charge is 2.34. The fraction of sp³-hybridized carbons (Fsp3) is 0.833. The van der Waals surface area contributed by atoms with Crippen LogP contribution in [0.5, 0.6) is 0 Å². The van der Waals surface area contributed by atoms with E-state index in [-0.39, 0.29) is 6.10 Å². The second kappa shape index (κ2) is 1.70. The molecule has 0 spiro atoms. The topological polar surface area (TPSA) is 30.8 Å². The van der Waals surface area contributed by atoms with Gasteiger partial charge < -0.3 is 9.57 Å². The number of hydrogen-bond acceptors (Lipinski definition) is 3. The summed E-state index contributed by atoms with van der Waals surface area (Å²) in [5, 5.41) is 3.87. The molecule has 0 amide bonds. The summed E-state index contributed by atoms with van der Waals surface area (Å²) in [7, 11) is 0. The molecule has 1 unspecified atom stereocenters. The Bertz CT molecular complexity index is 155. The van der Waals surface area contributed by atoms with E-state index in [0.717, 1.165) is 18.9 Å². The Balaban J connectivity index is 2.22. The summed E-state index contributed by atoms with van der Waals surface area (Å²) in [6.45, 7) is 3.52. The van der Waals surface area contributed by atoms with E-state index in [2.05, 4.69) is 5.16 Å². The number of hydrogen-bond donors (Lipinski definition) is 0. The first-order chi connectivity index (χ1) is 4.38. The van der Waals surface area contributed by atoms with Crippen LogP contribution in [0.4, 0.5) is 0 Å². The maximum Gasteiger partial charge on any atom is 0.127 e. The molecule has 3 nitrogen and oxygen atoms in total. The molecule has 0 radical (unpaired) electrons. The van der Waals surface area contributed by atoms with Gasteiger partial charge in [0.05, 0.1) is 24.3 Å². The van der Waals surface area contributed by atoms with Gasteiger partial charge in [0, 0.05) is 0 Å². The van der Waals surface area contributed by atoms with Gasteiger partial charge in [-0.3, -0.25) is 0 Å². The average molecular weight is 127 g/mol. The van der Waals surface area contributed by atoms with Gasteiger partial charge >= 0.3 is 0 Å². The van der Waals surface area contributed by atoms with Gasteiger partial charge in [-0.15, -0.1) is 0 Å². The van der Waals surface area contributed by atoms with E-state index in [0.29, 0.717) is 5.92 Å². The lowest BCUT2D eigenvalue weighted by atomic mass is 10.1. The number of ether oxygens (including phenoxy) is 1. The third-order valence-corrected chi connectivity index (χ3v) is 1.83. The van der Waals surface area contributed by atoms with Crippen LogP contribution < -0.4 is 0 Å². The Kier molecular flexibility index (Phi) is 0.990. The predicted molar refractivity (Wildman–Crippen MR) is 32.3 cm³/mol. The monoisotopic (exact) mass is 127 g/mol. The van der Waals surface area contributed by atoms with Crippen molar-refractivity contribution in [2.24, 2.45) is 11.1 Å². The highest BCUT2D eigenvalue weighted by molar-refractivity contribution is 5.92. The summed E-state index contributed by atoms with van der Waals surface area (Å²) in [5.74, 6) is 0.458. The highest BCUT2D eigenvalue weighted by atomic mass is 16.6. The van der Waals surface area contributed by atoms with Crippen LogP contribution in [0.15, 0.2) is 5.16 Å². The van der Waals surface area contributed by atoms with Gasteiger partial charge in [-0.25, -0.2) is 0 Å². The van der Waals surface area contributed by atoms with Gasteiger partial charge in [0.1, 0.15) is 6.61 Å². The second-order valence-electron chi connectivity index (χ2n) is 2.48. The van der Waals surface area contributed by atoms with Crippen LogP contribution in [0.2, 0.25) is 0 Å². The minimum absolute atomic E-state index is 0.192.